The number of carboxylic acids is 1. The highest BCUT2D eigenvalue weighted by Gasteiger charge is 2.19. The number of aromatic hydroxyl groups is 1. The second kappa shape index (κ2) is 7.61. The van der Waals surface area contributed by atoms with E-state index in [1.165, 1.54) is 30.3 Å². The van der Waals surface area contributed by atoms with Gasteiger partial charge in [-0.3, -0.25) is 4.79 Å². The Bertz CT molecular complexity index is 1090. The van der Waals surface area contributed by atoms with Gasteiger partial charge >= 0.3 is 5.97 Å². The van der Waals surface area contributed by atoms with E-state index in [1.54, 1.807) is 13.8 Å². The first-order chi connectivity index (χ1) is 13.2. The summed E-state index contributed by atoms with van der Waals surface area (Å²) in [5.74, 6) is -1.46. The van der Waals surface area contributed by atoms with Gasteiger partial charge in [-0.15, -0.1) is 0 Å². The van der Waals surface area contributed by atoms with E-state index in [1.807, 2.05) is 0 Å². The van der Waals surface area contributed by atoms with Crippen LogP contribution in [0.1, 0.15) is 34.7 Å². The predicted molar refractivity (Wildman–Crippen MR) is 106 cm³/mol. The monoisotopic (exact) mass is 422 g/mol. The molecule has 3 aromatic rings. The summed E-state index contributed by atoms with van der Waals surface area (Å²) < 4.78 is 5.75. The molecule has 0 aliphatic rings. The lowest BCUT2D eigenvalue weighted by Crippen LogP contribution is -2.30. The zero-order chi connectivity index (χ0) is 20.6. The number of ether oxygens (including phenoxy) is 1. The van der Waals surface area contributed by atoms with Gasteiger partial charge in [0.2, 0.25) is 0 Å². The van der Waals surface area contributed by atoms with Gasteiger partial charge in [-0.25, -0.2) is 4.79 Å². The SMILES string of the molecule is CC(C)NC(=O)c1cc(Oc2c(Cl)cc3[nH]c(C(=O)O)cc3c2Cl)ccc1O. The smallest absolute Gasteiger partial charge is 0.352 e. The molecule has 3 rings (SSSR count). The van der Waals surface area contributed by atoms with Crippen LogP contribution in [0.15, 0.2) is 30.3 Å². The third kappa shape index (κ3) is 3.85. The lowest BCUT2D eigenvalue weighted by Gasteiger charge is -2.13. The molecule has 9 heteroatoms. The number of carbonyl (C=O) groups excluding carboxylic acids is 1. The number of hydrogen-bond donors (Lipinski definition) is 4. The third-order valence-corrected chi connectivity index (χ3v) is 4.51. The van der Waals surface area contributed by atoms with E-state index in [2.05, 4.69) is 10.3 Å². The van der Waals surface area contributed by atoms with E-state index in [-0.39, 0.29) is 44.6 Å². The fourth-order valence-electron chi connectivity index (χ4n) is 2.61. The van der Waals surface area contributed by atoms with Crippen molar-refractivity contribution < 1.29 is 24.5 Å². The molecule has 0 aliphatic carbocycles. The number of nitrogens with one attached hydrogen (secondary N) is 2. The van der Waals surface area contributed by atoms with Gasteiger partial charge in [0.15, 0.2) is 5.75 Å². The molecule has 0 fully saturated rings. The molecule has 7 nitrogen and oxygen atoms in total. The van der Waals surface area contributed by atoms with Crippen LogP contribution >= 0.6 is 23.2 Å². The number of carboxylic acid groups (broad SMARTS) is 1. The number of H-pyrrole nitrogens is 1. The molecule has 1 aromatic heterocycles. The number of benzene rings is 2. The van der Waals surface area contributed by atoms with Crippen LogP contribution in [0, 0.1) is 0 Å². The molecule has 0 spiro atoms. The minimum absolute atomic E-state index is 0.0364. The Kier molecular flexibility index (Phi) is 5.40. The number of carbonyl (C=O) groups is 2. The molecular formula is C19H16Cl2N2O5. The average Bonchev–Trinajstić information content (AvgIpc) is 3.03. The molecule has 0 atom stereocenters. The number of aromatic carboxylic acids is 1. The summed E-state index contributed by atoms with van der Waals surface area (Å²) in [6, 6.07) is 6.91. The van der Waals surface area contributed by atoms with Crippen molar-refractivity contribution in [2.45, 2.75) is 19.9 Å². The number of fused-ring (bicyclic) bond motifs is 1. The van der Waals surface area contributed by atoms with E-state index in [9.17, 15) is 14.7 Å². The van der Waals surface area contributed by atoms with Crippen LogP contribution < -0.4 is 10.1 Å². The minimum Gasteiger partial charge on any atom is -0.507 e. The summed E-state index contributed by atoms with van der Waals surface area (Å²) in [4.78, 5) is 26.1. The van der Waals surface area contributed by atoms with Crippen molar-refractivity contribution in [1.29, 1.82) is 0 Å². The fourth-order valence-corrected chi connectivity index (χ4v) is 3.20. The molecule has 0 bridgehead atoms. The van der Waals surface area contributed by atoms with Crippen molar-refractivity contribution in [2.75, 3.05) is 0 Å². The lowest BCUT2D eigenvalue weighted by molar-refractivity contribution is 0.0691. The van der Waals surface area contributed by atoms with Crippen LogP contribution in [-0.2, 0) is 0 Å². The molecule has 1 amide bonds. The van der Waals surface area contributed by atoms with E-state index in [0.717, 1.165) is 0 Å². The van der Waals surface area contributed by atoms with Crippen LogP contribution in [-0.4, -0.2) is 33.1 Å². The standard InChI is InChI=1S/C19H16Cl2N2O5/c1-8(2)22-18(25)11-5-9(3-4-15(11)24)28-17-12(20)7-13-10(16(17)21)6-14(23-13)19(26)27/h3-8,23-24H,1-2H3,(H,22,25)(H,26,27). The molecule has 0 saturated heterocycles. The second-order valence-corrected chi connectivity index (χ2v) is 7.15. The number of hydrogen-bond acceptors (Lipinski definition) is 4. The van der Waals surface area contributed by atoms with Crippen LogP contribution in [0.5, 0.6) is 17.2 Å². The maximum absolute atomic E-state index is 12.2. The number of aromatic amines is 1. The Morgan fingerprint density at radius 3 is 2.54 bits per heavy atom. The first kappa shape index (κ1) is 19.9. The highest BCUT2D eigenvalue weighted by Crippen LogP contribution is 2.42. The molecule has 0 radical (unpaired) electrons. The van der Waals surface area contributed by atoms with E-state index < -0.39 is 11.9 Å². The summed E-state index contributed by atoms with van der Waals surface area (Å²) in [6.07, 6.45) is 0. The van der Waals surface area contributed by atoms with Gasteiger partial charge in [0.25, 0.3) is 5.91 Å². The van der Waals surface area contributed by atoms with Crippen molar-refractivity contribution in [2.24, 2.45) is 0 Å². The number of phenolic OH excluding ortho intramolecular Hbond substituents is 1. The summed E-state index contributed by atoms with van der Waals surface area (Å²) in [5.41, 5.74) is 0.444. The highest BCUT2D eigenvalue weighted by molar-refractivity contribution is 6.41. The zero-order valence-corrected chi connectivity index (χ0v) is 16.4. The van der Waals surface area contributed by atoms with Crippen LogP contribution in [0.25, 0.3) is 10.9 Å². The molecule has 2 aromatic carbocycles. The number of aromatic nitrogens is 1. The summed E-state index contributed by atoms with van der Waals surface area (Å²) in [7, 11) is 0. The van der Waals surface area contributed by atoms with Gasteiger partial charge in [-0.1, -0.05) is 23.2 Å². The van der Waals surface area contributed by atoms with E-state index >= 15 is 0 Å². The Morgan fingerprint density at radius 1 is 1.18 bits per heavy atom. The van der Waals surface area contributed by atoms with Crippen LogP contribution in [0.4, 0.5) is 0 Å². The number of amides is 1. The molecule has 1 heterocycles. The maximum atomic E-state index is 12.2. The van der Waals surface area contributed by atoms with Gasteiger partial charge < -0.3 is 25.3 Å². The summed E-state index contributed by atoms with van der Waals surface area (Å²) in [6.45, 7) is 3.60. The Labute approximate surface area is 169 Å². The number of rotatable bonds is 5. The number of phenols is 1. The molecule has 0 saturated carbocycles. The fraction of sp³-hybridized carbons (Fsp3) is 0.158. The normalized spacial score (nSPS) is 11.0. The molecule has 4 N–H and O–H groups in total. The highest BCUT2D eigenvalue weighted by atomic mass is 35.5. The molecular weight excluding hydrogens is 407 g/mol. The third-order valence-electron chi connectivity index (χ3n) is 3.85. The number of halogens is 2. The van der Waals surface area contributed by atoms with Crippen LogP contribution in [0.3, 0.4) is 0 Å². The van der Waals surface area contributed by atoms with Crippen molar-refractivity contribution in [3.05, 3.63) is 51.6 Å². The lowest BCUT2D eigenvalue weighted by atomic mass is 10.1. The maximum Gasteiger partial charge on any atom is 0.352 e. The van der Waals surface area contributed by atoms with E-state index in [0.29, 0.717) is 10.9 Å². The Hall–Kier alpha value is -2.90. The minimum atomic E-state index is -1.13. The van der Waals surface area contributed by atoms with Gasteiger partial charge in [0.05, 0.1) is 15.6 Å². The van der Waals surface area contributed by atoms with Gasteiger partial charge in [0.1, 0.15) is 17.2 Å². The van der Waals surface area contributed by atoms with Crippen molar-refractivity contribution in [3.8, 4) is 17.2 Å². The average molecular weight is 423 g/mol. The van der Waals surface area contributed by atoms with Gasteiger partial charge in [-0.05, 0) is 44.2 Å². The van der Waals surface area contributed by atoms with Crippen LogP contribution in [0.2, 0.25) is 10.0 Å². The Morgan fingerprint density at radius 2 is 1.89 bits per heavy atom. The molecule has 0 unspecified atom stereocenters. The topological polar surface area (TPSA) is 112 Å². The van der Waals surface area contributed by atoms with Gasteiger partial charge in [-0.2, -0.15) is 0 Å². The first-order valence-electron chi connectivity index (χ1n) is 8.23. The largest absolute Gasteiger partial charge is 0.507 e. The quantitative estimate of drug-likeness (QED) is 0.471. The van der Waals surface area contributed by atoms with Gasteiger partial charge in [0, 0.05) is 16.9 Å². The summed E-state index contributed by atoms with van der Waals surface area (Å²) >= 11 is 12.6. The second-order valence-electron chi connectivity index (χ2n) is 6.36. The summed E-state index contributed by atoms with van der Waals surface area (Å²) in [5, 5.41) is 22.5. The van der Waals surface area contributed by atoms with E-state index in [4.69, 9.17) is 33.0 Å². The van der Waals surface area contributed by atoms with Crippen molar-refractivity contribution >= 4 is 46.0 Å². The van der Waals surface area contributed by atoms with Crippen molar-refractivity contribution in [3.63, 3.8) is 0 Å². The molecule has 0 aliphatic heterocycles. The zero-order valence-electron chi connectivity index (χ0n) is 14.8. The first-order valence-corrected chi connectivity index (χ1v) is 8.98. The molecule has 28 heavy (non-hydrogen) atoms. The molecule has 146 valence electrons. The van der Waals surface area contributed by atoms with Crippen molar-refractivity contribution in [1.82, 2.24) is 10.3 Å². The predicted octanol–water partition coefficient (Wildman–Crippen LogP) is 4.81. The Balaban J connectivity index is 2.00.